The van der Waals surface area contributed by atoms with Crippen LogP contribution in [0.2, 0.25) is 0 Å². The molecule has 20 heavy (non-hydrogen) atoms. The second-order valence-electron chi connectivity index (χ2n) is 4.98. The molecule has 2 aromatic heterocycles. The van der Waals surface area contributed by atoms with Crippen LogP contribution in [0.3, 0.4) is 0 Å². The highest BCUT2D eigenvalue weighted by Gasteiger charge is 2.21. The Morgan fingerprint density at radius 3 is 2.95 bits per heavy atom. The number of hydrogen-bond acceptors (Lipinski definition) is 6. The Hall–Kier alpha value is -2.38. The second-order valence-corrected chi connectivity index (χ2v) is 4.98. The van der Waals surface area contributed by atoms with E-state index in [1.54, 1.807) is 11.1 Å². The van der Waals surface area contributed by atoms with Gasteiger partial charge in [0.2, 0.25) is 11.9 Å². The predicted molar refractivity (Wildman–Crippen MR) is 75.2 cm³/mol. The van der Waals surface area contributed by atoms with Gasteiger partial charge >= 0.3 is 0 Å². The summed E-state index contributed by atoms with van der Waals surface area (Å²) >= 11 is 0. The Morgan fingerprint density at radius 1 is 1.45 bits per heavy atom. The van der Waals surface area contributed by atoms with Gasteiger partial charge in [-0.15, -0.1) is 0 Å². The molecule has 1 fully saturated rings. The molecule has 8 heteroatoms. The van der Waals surface area contributed by atoms with E-state index in [-0.39, 0.29) is 18.4 Å². The lowest BCUT2D eigenvalue weighted by atomic mass is 10.3. The molecule has 1 amide bonds. The van der Waals surface area contributed by atoms with Crippen LogP contribution in [0.4, 0.5) is 11.8 Å². The van der Waals surface area contributed by atoms with E-state index >= 15 is 0 Å². The van der Waals surface area contributed by atoms with Gasteiger partial charge in [-0.05, 0) is 12.8 Å². The molecule has 1 saturated heterocycles. The molecule has 106 valence electrons. The largest absolute Gasteiger partial charge is 0.368 e. The summed E-state index contributed by atoms with van der Waals surface area (Å²) in [5, 5.41) is 7.46. The summed E-state index contributed by atoms with van der Waals surface area (Å²) in [7, 11) is 1.82. The van der Waals surface area contributed by atoms with E-state index in [4.69, 9.17) is 5.73 Å². The van der Waals surface area contributed by atoms with Crippen LogP contribution in [-0.4, -0.2) is 57.7 Å². The van der Waals surface area contributed by atoms with E-state index in [1.807, 2.05) is 11.9 Å². The zero-order valence-corrected chi connectivity index (χ0v) is 11.3. The maximum absolute atomic E-state index is 12.2. The third-order valence-corrected chi connectivity index (χ3v) is 3.50. The van der Waals surface area contributed by atoms with Gasteiger partial charge in [0.1, 0.15) is 5.82 Å². The molecular formula is C12H17N7O. The van der Waals surface area contributed by atoms with E-state index in [9.17, 15) is 4.79 Å². The van der Waals surface area contributed by atoms with E-state index in [0.29, 0.717) is 11.5 Å². The SMILES string of the molecule is CN(CC(=O)N1CCCC1)c1nc(N)nc2[nH]ncc12. The molecule has 2 aromatic rings. The number of rotatable bonds is 3. The summed E-state index contributed by atoms with van der Waals surface area (Å²) in [6.07, 6.45) is 3.81. The lowest BCUT2D eigenvalue weighted by molar-refractivity contribution is -0.128. The number of carbonyl (C=O) groups is 1. The van der Waals surface area contributed by atoms with Crippen molar-refractivity contribution in [2.24, 2.45) is 0 Å². The van der Waals surface area contributed by atoms with Crippen molar-refractivity contribution in [3.63, 3.8) is 0 Å². The zero-order chi connectivity index (χ0) is 14.1. The quantitative estimate of drug-likeness (QED) is 0.816. The zero-order valence-electron chi connectivity index (χ0n) is 11.3. The van der Waals surface area contributed by atoms with Crippen molar-refractivity contribution in [3.05, 3.63) is 6.20 Å². The normalized spacial score (nSPS) is 14.9. The molecule has 0 aliphatic carbocycles. The first kappa shape index (κ1) is 12.6. The lowest BCUT2D eigenvalue weighted by Gasteiger charge is -2.22. The predicted octanol–water partition coefficient (Wildman–Crippen LogP) is -0.00630. The van der Waals surface area contributed by atoms with Gasteiger partial charge in [0.05, 0.1) is 18.1 Å². The molecule has 8 nitrogen and oxygen atoms in total. The Kier molecular flexibility index (Phi) is 3.13. The fraction of sp³-hybridized carbons (Fsp3) is 0.500. The summed E-state index contributed by atoms with van der Waals surface area (Å²) in [4.78, 5) is 24.1. The number of amides is 1. The Morgan fingerprint density at radius 2 is 2.20 bits per heavy atom. The van der Waals surface area contributed by atoms with Gasteiger partial charge in [-0.1, -0.05) is 0 Å². The van der Waals surface area contributed by atoms with Gasteiger partial charge in [0.25, 0.3) is 0 Å². The molecule has 0 bridgehead atoms. The minimum absolute atomic E-state index is 0.110. The van der Waals surface area contributed by atoms with Crippen LogP contribution in [-0.2, 0) is 4.79 Å². The first-order chi connectivity index (χ1) is 9.65. The number of likely N-dealkylation sites (tertiary alicyclic amines) is 1. The van der Waals surface area contributed by atoms with Crippen LogP contribution >= 0.6 is 0 Å². The highest BCUT2D eigenvalue weighted by Crippen LogP contribution is 2.22. The van der Waals surface area contributed by atoms with E-state index in [2.05, 4.69) is 20.2 Å². The van der Waals surface area contributed by atoms with Crippen LogP contribution < -0.4 is 10.6 Å². The van der Waals surface area contributed by atoms with Crippen LogP contribution in [0.25, 0.3) is 11.0 Å². The smallest absolute Gasteiger partial charge is 0.242 e. The maximum atomic E-state index is 12.2. The topological polar surface area (TPSA) is 104 Å². The number of aromatic nitrogens is 4. The molecule has 1 aliphatic heterocycles. The van der Waals surface area contributed by atoms with E-state index in [0.717, 1.165) is 31.3 Å². The molecule has 0 spiro atoms. The van der Waals surface area contributed by atoms with Gasteiger partial charge in [0, 0.05) is 20.1 Å². The van der Waals surface area contributed by atoms with Gasteiger partial charge in [-0.2, -0.15) is 15.1 Å². The van der Waals surface area contributed by atoms with Crippen molar-refractivity contribution in [1.29, 1.82) is 0 Å². The van der Waals surface area contributed by atoms with Crippen LogP contribution in [0.5, 0.6) is 0 Å². The number of fused-ring (bicyclic) bond motifs is 1. The number of anilines is 2. The number of nitrogen functional groups attached to an aromatic ring is 1. The number of nitrogens with zero attached hydrogens (tertiary/aromatic N) is 5. The fourth-order valence-electron chi connectivity index (χ4n) is 2.47. The number of H-pyrrole nitrogens is 1. The Balaban J connectivity index is 1.82. The monoisotopic (exact) mass is 275 g/mol. The van der Waals surface area contributed by atoms with Crippen LogP contribution in [0.1, 0.15) is 12.8 Å². The number of nitrogens with one attached hydrogen (secondary N) is 1. The summed E-state index contributed by atoms with van der Waals surface area (Å²) in [5.74, 6) is 0.893. The number of carbonyl (C=O) groups excluding carboxylic acids is 1. The van der Waals surface area contributed by atoms with Crippen LogP contribution in [0.15, 0.2) is 6.20 Å². The third-order valence-electron chi connectivity index (χ3n) is 3.50. The van der Waals surface area contributed by atoms with Crippen LogP contribution in [0, 0.1) is 0 Å². The maximum Gasteiger partial charge on any atom is 0.242 e. The standard InChI is InChI=1S/C12H17N7O/c1-18(7-9(20)19-4-2-3-5-19)11-8-6-14-17-10(8)15-12(13)16-11/h6H,2-5,7H2,1H3,(H3,13,14,15,16,17). The summed E-state index contributed by atoms with van der Waals surface area (Å²) in [6.45, 7) is 1.97. The van der Waals surface area contributed by atoms with Gasteiger partial charge in [-0.3, -0.25) is 9.89 Å². The molecule has 0 unspecified atom stereocenters. The van der Waals surface area contributed by atoms with Crippen molar-refractivity contribution in [3.8, 4) is 0 Å². The van der Waals surface area contributed by atoms with E-state index in [1.165, 1.54) is 0 Å². The first-order valence-electron chi connectivity index (χ1n) is 6.60. The average molecular weight is 275 g/mol. The molecular weight excluding hydrogens is 258 g/mol. The Bertz CT molecular complexity index is 632. The molecule has 1 aliphatic rings. The molecule has 0 aromatic carbocycles. The highest BCUT2D eigenvalue weighted by atomic mass is 16.2. The summed E-state index contributed by atoms with van der Waals surface area (Å²) in [5.41, 5.74) is 6.26. The number of likely N-dealkylation sites (N-methyl/N-ethyl adjacent to an activating group) is 1. The van der Waals surface area contributed by atoms with Gasteiger partial charge in [-0.25, -0.2) is 0 Å². The lowest BCUT2D eigenvalue weighted by Crippen LogP contribution is -2.37. The first-order valence-corrected chi connectivity index (χ1v) is 6.60. The van der Waals surface area contributed by atoms with E-state index < -0.39 is 0 Å². The minimum Gasteiger partial charge on any atom is -0.368 e. The molecule has 0 saturated carbocycles. The van der Waals surface area contributed by atoms with Gasteiger partial charge in [0.15, 0.2) is 5.65 Å². The molecule has 0 radical (unpaired) electrons. The minimum atomic E-state index is 0.110. The number of aromatic amines is 1. The molecule has 3 rings (SSSR count). The molecule has 3 N–H and O–H groups in total. The van der Waals surface area contributed by atoms with Crippen molar-refractivity contribution < 1.29 is 4.79 Å². The number of nitrogens with two attached hydrogens (primary N) is 1. The third kappa shape index (κ3) is 2.24. The second kappa shape index (κ2) is 4.95. The summed E-state index contributed by atoms with van der Waals surface area (Å²) < 4.78 is 0. The molecule has 3 heterocycles. The van der Waals surface area contributed by atoms with Crippen molar-refractivity contribution >= 4 is 28.7 Å². The fourth-order valence-corrected chi connectivity index (χ4v) is 2.47. The van der Waals surface area contributed by atoms with Crippen molar-refractivity contribution in [2.45, 2.75) is 12.8 Å². The van der Waals surface area contributed by atoms with Gasteiger partial charge < -0.3 is 15.5 Å². The van der Waals surface area contributed by atoms with Crippen molar-refractivity contribution in [2.75, 3.05) is 37.3 Å². The average Bonchev–Trinajstić information content (AvgIpc) is 3.08. The van der Waals surface area contributed by atoms with Crippen molar-refractivity contribution in [1.82, 2.24) is 25.1 Å². The Labute approximate surface area is 116 Å². The number of hydrogen-bond donors (Lipinski definition) is 2. The highest BCUT2D eigenvalue weighted by molar-refractivity contribution is 5.90. The molecule has 0 atom stereocenters. The summed E-state index contributed by atoms with van der Waals surface area (Å²) in [6, 6.07) is 0.